The van der Waals surface area contributed by atoms with E-state index in [9.17, 15) is 14.4 Å². The lowest BCUT2D eigenvalue weighted by Crippen LogP contribution is -2.42. The maximum absolute atomic E-state index is 12.0. The lowest BCUT2D eigenvalue weighted by atomic mass is 10.1. The molecule has 1 aromatic heterocycles. The van der Waals surface area contributed by atoms with Crippen molar-refractivity contribution in [2.24, 2.45) is 0 Å². The first-order valence-corrected chi connectivity index (χ1v) is 10.1. The Morgan fingerprint density at radius 3 is 2.52 bits per heavy atom. The Morgan fingerprint density at radius 2 is 1.79 bits per heavy atom. The average molecular weight is 432 g/mol. The van der Waals surface area contributed by atoms with Gasteiger partial charge in [0.25, 0.3) is 5.91 Å². The van der Waals surface area contributed by atoms with E-state index in [0.29, 0.717) is 28.7 Å². The van der Waals surface area contributed by atoms with Crippen LogP contribution in [0.25, 0.3) is 0 Å². The normalized spacial score (nSPS) is 10.5. The Labute approximate surface area is 175 Å². The van der Waals surface area contributed by atoms with E-state index in [0.717, 1.165) is 17.3 Å². The average Bonchev–Trinajstić information content (AvgIpc) is 3.09. The molecule has 8 nitrogen and oxygen atoms in total. The van der Waals surface area contributed by atoms with Crippen molar-refractivity contribution in [2.75, 3.05) is 5.75 Å². The minimum atomic E-state index is -0.459. The third-order valence-corrected chi connectivity index (χ3v) is 5.17. The van der Waals surface area contributed by atoms with Gasteiger partial charge in [-0.1, -0.05) is 53.7 Å². The zero-order chi connectivity index (χ0) is 20.6. The second-order valence-electron chi connectivity index (χ2n) is 6.00. The van der Waals surface area contributed by atoms with E-state index in [1.165, 1.54) is 4.57 Å². The van der Waals surface area contributed by atoms with Gasteiger partial charge in [-0.2, -0.15) is 0 Å². The Morgan fingerprint density at radius 1 is 1.07 bits per heavy atom. The molecule has 3 N–H and O–H groups in total. The SMILES string of the molecule is O=C(CSc1n[nH]c(=O)n1CCc1ccccc1)NNC(=O)c1ccc(Cl)cc1. The van der Waals surface area contributed by atoms with Crippen molar-refractivity contribution in [2.45, 2.75) is 18.1 Å². The summed E-state index contributed by atoms with van der Waals surface area (Å²) in [5.41, 5.74) is 5.79. The molecule has 10 heteroatoms. The predicted octanol–water partition coefficient (Wildman–Crippen LogP) is 2.02. The highest BCUT2D eigenvalue weighted by Crippen LogP contribution is 2.13. The number of benzene rings is 2. The van der Waals surface area contributed by atoms with Crippen molar-refractivity contribution in [3.63, 3.8) is 0 Å². The summed E-state index contributed by atoms with van der Waals surface area (Å²) < 4.78 is 1.48. The zero-order valence-electron chi connectivity index (χ0n) is 15.2. The van der Waals surface area contributed by atoms with Crippen molar-refractivity contribution < 1.29 is 9.59 Å². The number of amides is 2. The van der Waals surface area contributed by atoms with E-state index in [1.54, 1.807) is 24.3 Å². The molecule has 0 fully saturated rings. The summed E-state index contributed by atoms with van der Waals surface area (Å²) >= 11 is 6.88. The fourth-order valence-electron chi connectivity index (χ4n) is 2.46. The standard InChI is InChI=1S/C19H18ClN5O3S/c20-15-8-6-14(7-9-15)17(27)22-21-16(26)12-29-19-24-23-18(28)25(19)11-10-13-4-2-1-3-5-13/h1-9H,10-12H2,(H,21,26)(H,22,27)(H,23,28). The first-order valence-electron chi connectivity index (χ1n) is 8.69. The van der Waals surface area contributed by atoms with Crippen molar-refractivity contribution in [1.82, 2.24) is 25.6 Å². The molecular weight excluding hydrogens is 414 g/mol. The summed E-state index contributed by atoms with van der Waals surface area (Å²) in [6.07, 6.45) is 0.664. The number of nitrogens with zero attached hydrogens (tertiary/aromatic N) is 2. The van der Waals surface area contributed by atoms with Crippen LogP contribution in [0.3, 0.4) is 0 Å². The van der Waals surface area contributed by atoms with Crippen LogP contribution in [-0.4, -0.2) is 32.3 Å². The maximum Gasteiger partial charge on any atom is 0.343 e. The molecule has 3 aromatic rings. The van der Waals surface area contributed by atoms with Crippen LogP contribution in [0.2, 0.25) is 5.02 Å². The van der Waals surface area contributed by atoms with E-state index < -0.39 is 11.8 Å². The van der Waals surface area contributed by atoms with Crippen LogP contribution in [-0.2, 0) is 17.8 Å². The number of rotatable bonds is 7. The lowest BCUT2D eigenvalue weighted by Gasteiger charge is -2.08. The summed E-state index contributed by atoms with van der Waals surface area (Å²) in [5, 5.41) is 7.28. The summed E-state index contributed by atoms with van der Waals surface area (Å²) in [4.78, 5) is 36.0. The number of H-pyrrole nitrogens is 1. The molecule has 0 radical (unpaired) electrons. The molecule has 2 amide bonds. The van der Waals surface area contributed by atoms with Gasteiger partial charge in [-0.3, -0.25) is 25.0 Å². The van der Waals surface area contributed by atoms with Crippen molar-refractivity contribution >= 4 is 35.2 Å². The minimum Gasteiger partial charge on any atom is -0.272 e. The van der Waals surface area contributed by atoms with Gasteiger partial charge in [-0.15, -0.1) is 5.10 Å². The molecule has 0 saturated heterocycles. The van der Waals surface area contributed by atoms with Gasteiger partial charge < -0.3 is 0 Å². The van der Waals surface area contributed by atoms with Crippen LogP contribution in [0.1, 0.15) is 15.9 Å². The molecule has 0 aliphatic rings. The van der Waals surface area contributed by atoms with Crippen LogP contribution in [0.5, 0.6) is 0 Å². The van der Waals surface area contributed by atoms with Crippen molar-refractivity contribution in [3.8, 4) is 0 Å². The van der Waals surface area contributed by atoms with E-state index in [2.05, 4.69) is 21.0 Å². The number of nitrogens with one attached hydrogen (secondary N) is 3. The number of hydrazine groups is 1. The highest BCUT2D eigenvalue weighted by molar-refractivity contribution is 7.99. The molecule has 0 saturated carbocycles. The highest BCUT2D eigenvalue weighted by Gasteiger charge is 2.12. The number of aryl methyl sites for hydroxylation is 1. The summed E-state index contributed by atoms with van der Waals surface area (Å²) in [5.74, 6) is -0.904. The van der Waals surface area contributed by atoms with Gasteiger partial charge >= 0.3 is 5.69 Å². The van der Waals surface area contributed by atoms with Gasteiger partial charge in [0.15, 0.2) is 5.16 Å². The molecule has 150 valence electrons. The summed E-state index contributed by atoms with van der Waals surface area (Å²) in [6.45, 7) is 0.441. The van der Waals surface area contributed by atoms with E-state index in [1.807, 2.05) is 30.3 Å². The first kappa shape index (κ1) is 20.7. The summed E-state index contributed by atoms with van der Waals surface area (Å²) in [7, 11) is 0. The number of hydrogen-bond acceptors (Lipinski definition) is 5. The minimum absolute atomic E-state index is 0.0173. The molecule has 0 spiro atoms. The Hall–Kier alpha value is -3.04. The monoisotopic (exact) mass is 431 g/mol. The van der Waals surface area contributed by atoms with Gasteiger partial charge in [0, 0.05) is 17.1 Å². The van der Waals surface area contributed by atoms with Gasteiger partial charge in [-0.05, 0) is 36.2 Å². The second kappa shape index (κ2) is 9.94. The van der Waals surface area contributed by atoms with Crippen LogP contribution >= 0.6 is 23.4 Å². The number of aromatic nitrogens is 3. The molecule has 29 heavy (non-hydrogen) atoms. The molecule has 0 unspecified atom stereocenters. The highest BCUT2D eigenvalue weighted by atomic mass is 35.5. The molecule has 3 rings (SSSR count). The number of hydrogen-bond donors (Lipinski definition) is 3. The number of aromatic amines is 1. The van der Waals surface area contributed by atoms with E-state index >= 15 is 0 Å². The van der Waals surface area contributed by atoms with E-state index in [4.69, 9.17) is 11.6 Å². The Kier molecular flexibility index (Phi) is 7.09. The van der Waals surface area contributed by atoms with Gasteiger partial charge in [0.05, 0.1) is 5.75 Å². The van der Waals surface area contributed by atoms with Gasteiger partial charge in [-0.25, -0.2) is 9.89 Å². The number of thioether (sulfide) groups is 1. The van der Waals surface area contributed by atoms with Crippen molar-refractivity contribution in [3.05, 3.63) is 81.2 Å². The molecule has 0 atom stereocenters. The topological polar surface area (TPSA) is 109 Å². The number of halogens is 1. The van der Waals surface area contributed by atoms with Crippen LogP contribution in [0.4, 0.5) is 0 Å². The summed E-state index contributed by atoms with van der Waals surface area (Å²) in [6, 6.07) is 16.0. The number of carbonyl (C=O) groups excluding carboxylic acids is 2. The fraction of sp³-hybridized carbons (Fsp3) is 0.158. The van der Waals surface area contributed by atoms with Crippen LogP contribution < -0.4 is 16.5 Å². The smallest absolute Gasteiger partial charge is 0.272 e. The Bertz CT molecular complexity index is 1030. The van der Waals surface area contributed by atoms with Crippen LogP contribution in [0.15, 0.2) is 64.5 Å². The van der Waals surface area contributed by atoms with E-state index in [-0.39, 0.29) is 11.4 Å². The number of carbonyl (C=O) groups is 2. The van der Waals surface area contributed by atoms with Gasteiger partial charge in [0.2, 0.25) is 5.91 Å². The maximum atomic E-state index is 12.0. The third kappa shape index (κ3) is 5.97. The molecule has 0 aliphatic carbocycles. The molecule has 2 aromatic carbocycles. The van der Waals surface area contributed by atoms with Gasteiger partial charge in [0.1, 0.15) is 0 Å². The quantitative estimate of drug-likeness (QED) is 0.391. The predicted molar refractivity (Wildman–Crippen MR) is 111 cm³/mol. The third-order valence-electron chi connectivity index (χ3n) is 3.94. The molecular formula is C19H18ClN5O3S. The second-order valence-corrected chi connectivity index (χ2v) is 7.38. The molecule has 0 bridgehead atoms. The van der Waals surface area contributed by atoms with Crippen LogP contribution in [0, 0.1) is 0 Å². The first-order chi connectivity index (χ1) is 14.0. The molecule has 0 aliphatic heterocycles. The molecule has 1 heterocycles. The fourth-order valence-corrected chi connectivity index (χ4v) is 3.36. The lowest BCUT2D eigenvalue weighted by molar-refractivity contribution is -0.119. The largest absolute Gasteiger partial charge is 0.343 e. The van der Waals surface area contributed by atoms with Crippen molar-refractivity contribution in [1.29, 1.82) is 0 Å². The Balaban J connectivity index is 1.49. The zero-order valence-corrected chi connectivity index (χ0v) is 16.8.